The van der Waals surface area contributed by atoms with E-state index in [1.165, 1.54) is 12.8 Å². The number of ether oxygens (including phenoxy) is 1. The van der Waals surface area contributed by atoms with Gasteiger partial charge in [-0.2, -0.15) is 0 Å². The summed E-state index contributed by atoms with van der Waals surface area (Å²) in [6.45, 7) is 5.50. The highest BCUT2D eigenvalue weighted by Gasteiger charge is 2.35. The van der Waals surface area contributed by atoms with Crippen LogP contribution in [0.4, 0.5) is 0 Å². The molecule has 4 heteroatoms. The van der Waals surface area contributed by atoms with Gasteiger partial charge >= 0.3 is 0 Å². The van der Waals surface area contributed by atoms with Gasteiger partial charge in [0.1, 0.15) is 0 Å². The Balaban J connectivity index is 2.53. The SMILES string of the molecule is CCCC[C@H](N)C(=O)N(CCOC)C(C)C1CC1. The van der Waals surface area contributed by atoms with Gasteiger partial charge in [0.15, 0.2) is 0 Å². The molecule has 0 aliphatic heterocycles. The van der Waals surface area contributed by atoms with E-state index in [1.807, 2.05) is 4.90 Å². The first-order valence-corrected chi connectivity index (χ1v) is 7.16. The molecule has 0 aromatic carbocycles. The van der Waals surface area contributed by atoms with E-state index in [9.17, 15) is 4.79 Å². The number of hydrogen-bond donors (Lipinski definition) is 1. The zero-order chi connectivity index (χ0) is 13.5. The maximum atomic E-state index is 12.4. The van der Waals surface area contributed by atoms with Crippen LogP contribution in [0.3, 0.4) is 0 Å². The van der Waals surface area contributed by atoms with Crippen LogP contribution in [-0.2, 0) is 9.53 Å². The number of nitrogens with zero attached hydrogens (tertiary/aromatic N) is 1. The molecule has 1 saturated carbocycles. The van der Waals surface area contributed by atoms with E-state index >= 15 is 0 Å². The van der Waals surface area contributed by atoms with Gasteiger partial charge in [-0.05, 0) is 32.1 Å². The molecular weight excluding hydrogens is 228 g/mol. The number of carbonyl (C=O) groups is 1. The van der Waals surface area contributed by atoms with Crippen LogP contribution in [-0.4, -0.2) is 43.2 Å². The molecule has 0 heterocycles. The Bertz CT molecular complexity index is 254. The van der Waals surface area contributed by atoms with Crippen LogP contribution < -0.4 is 5.73 Å². The summed E-state index contributed by atoms with van der Waals surface area (Å²) in [6.07, 6.45) is 5.36. The fourth-order valence-corrected chi connectivity index (χ4v) is 2.30. The van der Waals surface area contributed by atoms with Crippen LogP contribution in [0, 0.1) is 5.92 Å². The lowest BCUT2D eigenvalue weighted by Crippen LogP contribution is -2.49. The molecule has 2 N–H and O–H groups in total. The average molecular weight is 256 g/mol. The first-order valence-electron chi connectivity index (χ1n) is 7.16. The molecule has 1 amide bonds. The van der Waals surface area contributed by atoms with E-state index in [0.29, 0.717) is 25.1 Å². The molecule has 0 radical (unpaired) electrons. The normalized spacial score (nSPS) is 18.4. The first-order chi connectivity index (χ1) is 8.61. The number of methoxy groups -OCH3 is 1. The maximum Gasteiger partial charge on any atom is 0.239 e. The van der Waals surface area contributed by atoms with Crippen molar-refractivity contribution >= 4 is 5.91 Å². The zero-order valence-electron chi connectivity index (χ0n) is 12.0. The standard InChI is InChI=1S/C14H28N2O2/c1-4-5-6-13(15)14(17)16(9-10-18-3)11(2)12-7-8-12/h11-13H,4-10,15H2,1-3H3/t11?,13-/m0/s1. The second-order valence-electron chi connectivity index (χ2n) is 5.35. The van der Waals surface area contributed by atoms with E-state index in [4.69, 9.17) is 10.5 Å². The van der Waals surface area contributed by atoms with Gasteiger partial charge in [0.2, 0.25) is 5.91 Å². The molecule has 106 valence electrons. The molecule has 0 spiro atoms. The third-order valence-electron chi connectivity index (χ3n) is 3.80. The minimum absolute atomic E-state index is 0.0971. The highest BCUT2D eigenvalue weighted by Crippen LogP contribution is 2.35. The summed E-state index contributed by atoms with van der Waals surface area (Å²) in [5, 5.41) is 0. The van der Waals surface area contributed by atoms with Gasteiger partial charge in [-0.15, -0.1) is 0 Å². The number of hydrogen-bond acceptors (Lipinski definition) is 3. The van der Waals surface area contributed by atoms with Crippen LogP contribution in [0.5, 0.6) is 0 Å². The predicted octanol–water partition coefficient (Wildman–Crippen LogP) is 1.78. The maximum absolute atomic E-state index is 12.4. The van der Waals surface area contributed by atoms with E-state index < -0.39 is 0 Å². The Hall–Kier alpha value is -0.610. The first kappa shape index (κ1) is 15.4. The predicted molar refractivity (Wildman–Crippen MR) is 73.3 cm³/mol. The Kier molecular flexibility index (Phi) is 6.65. The van der Waals surface area contributed by atoms with Gasteiger partial charge in [-0.25, -0.2) is 0 Å². The van der Waals surface area contributed by atoms with Crippen molar-refractivity contribution in [3.63, 3.8) is 0 Å². The molecule has 4 nitrogen and oxygen atoms in total. The Morgan fingerprint density at radius 3 is 2.67 bits per heavy atom. The van der Waals surface area contributed by atoms with E-state index in [1.54, 1.807) is 7.11 Å². The second kappa shape index (κ2) is 7.74. The van der Waals surface area contributed by atoms with E-state index in [0.717, 1.165) is 19.3 Å². The largest absolute Gasteiger partial charge is 0.383 e. The number of carbonyl (C=O) groups excluding carboxylic acids is 1. The summed E-state index contributed by atoms with van der Waals surface area (Å²) in [6, 6.07) is -0.0386. The van der Waals surface area contributed by atoms with Crippen LogP contribution in [0.2, 0.25) is 0 Å². The lowest BCUT2D eigenvalue weighted by atomic mass is 10.1. The van der Waals surface area contributed by atoms with Gasteiger partial charge in [-0.3, -0.25) is 4.79 Å². The molecule has 0 bridgehead atoms. The zero-order valence-corrected chi connectivity index (χ0v) is 12.0. The quantitative estimate of drug-likeness (QED) is 0.684. The second-order valence-corrected chi connectivity index (χ2v) is 5.35. The van der Waals surface area contributed by atoms with Crippen molar-refractivity contribution in [2.75, 3.05) is 20.3 Å². The molecule has 0 saturated heterocycles. The van der Waals surface area contributed by atoms with Gasteiger partial charge in [0, 0.05) is 19.7 Å². The van der Waals surface area contributed by atoms with E-state index in [-0.39, 0.29) is 11.9 Å². The molecule has 2 atom stereocenters. The summed E-state index contributed by atoms with van der Waals surface area (Å²) < 4.78 is 5.10. The molecule has 1 aliphatic carbocycles. The third-order valence-corrected chi connectivity index (χ3v) is 3.80. The topological polar surface area (TPSA) is 55.6 Å². The van der Waals surface area contributed by atoms with Crippen molar-refractivity contribution in [3.05, 3.63) is 0 Å². The lowest BCUT2D eigenvalue weighted by Gasteiger charge is -2.31. The monoisotopic (exact) mass is 256 g/mol. The highest BCUT2D eigenvalue weighted by atomic mass is 16.5. The summed E-state index contributed by atoms with van der Waals surface area (Å²) in [7, 11) is 1.67. The van der Waals surface area contributed by atoms with Crippen molar-refractivity contribution in [1.29, 1.82) is 0 Å². The van der Waals surface area contributed by atoms with E-state index in [2.05, 4.69) is 13.8 Å². The summed E-state index contributed by atoms with van der Waals surface area (Å²) in [4.78, 5) is 14.3. The molecule has 18 heavy (non-hydrogen) atoms. The molecule has 1 rings (SSSR count). The highest BCUT2D eigenvalue weighted by molar-refractivity contribution is 5.82. The fourth-order valence-electron chi connectivity index (χ4n) is 2.30. The van der Waals surface area contributed by atoms with Crippen molar-refractivity contribution in [3.8, 4) is 0 Å². The van der Waals surface area contributed by atoms with Crippen molar-refractivity contribution in [2.24, 2.45) is 11.7 Å². The van der Waals surface area contributed by atoms with Crippen LogP contribution in [0.15, 0.2) is 0 Å². The number of rotatable bonds is 9. The van der Waals surface area contributed by atoms with Crippen molar-refractivity contribution < 1.29 is 9.53 Å². The Morgan fingerprint density at radius 1 is 1.50 bits per heavy atom. The molecule has 0 aromatic rings. The number of unbranched alkanes of at least 4 members (excludes halogenated alkanes) is 1. The lowest BCUT2D eigenvalue weighted by molar-refractivity contribution is -0.136. The van der Waals surface area contributed by atoms with Crippen molar-refractivity contribution in [1.82, 2.24) is 4.90 Å². The van der Waals surface area contributed by atoms with Gasteiger partial charge < -0.3 is 15.4 Å². The van der Waals surface area contributed by atoms with Crippen molar-refractivity contribution in [2.45, 2.75) is 58.0 Å². The van der Waals surface area contributed by atoms with Crippen LogP contribution in [0.1, 0.15) is 46.0 Å². The minimum atomic E-state index is -0.344. The van der Waals surface area contributed by atoms with Gasteiger partial charge in [0.25, 0.3) is 0 Å². The van der Waals surface area contributed by atoms with Gasteiger partial charge in [0.05, 0.1) is 12.6 Å². The Labute approximate surface area is 111 Å². The molecular formula is C14H28N2O2. The minimum Gasteiger partial charge on any atom is -0.383 e. The average Bonchev–Trinajstić information content (AvgIpc) is 3.19. The van der Waals surface area contributed by atoms with Crippen LogP contribution in [0.25, 0.3) is 0 Å². The summed E-state index contributed by atoms with van der Waals surface area (Å²) in [5.74, 6) is 0.768. The Morgan fingerprint density at radius 2 is 2.17 bits per heavy atom. The van der Waals surface area contributed by atoms with Gasteiger partial charge in [-0.1, -0.05) is 19.8 Å². The van der Waals surface area contributed by atoms with Crippen LogP contribution >= 0.6 is 0 Å². The third kappa shape index (κ3) is 4.58. The summed E-state index contributed by atoms with van der Waals surface area (Å²) >= 11 is 0. The molecule has 0 aromatic heterocycles. The number of amides is 1. The molecule has 1 unspecified atom stereocenters. The summed E-state index contributed by atoms with van der Waals surface area (Å²) in [5.41, 5.74) is 6.00. The smallest absolute Gasteiger partial charge is 0.239 e. The molecule has 1 aliphatic rings. The fraction of sp³-hybridized carbons (Fsp3) is 0.929. The number of nitrogens with two attached hydrogens (primary N) is 1. The molecule has 1 fully saturated rings.